The van der Waals surface area contributed by atoms with Crippen molar-refractivity contribution in [3.8, 4) is 0 Å². The lowest BCUT2D eigenvalue weighted by Gasteiger charge is -2.10. The molecule has 6 nitrogen and oxygen atoms in total. The minimum absolute atomic E-state index is 0.0507. The minimum Gasteiger partial charge on any atom is -0.397 e. The minimum atomic E-state index is -3.66. The Labute approximate surface area is 117 Å². The van der Waals surface area contributed by atoms with Crippen LogP contribution >= 0.6 is 11.6 Å². The molecule has 0 saturated heterocycles. The number of hydrogen-bond donors (Lipinski definition) is 3. The maximum atomic E-state index is 12.0. The molecule has 0 fully saturated rings. The van der Waals surface area contributed by atoms with E-state index in [0.717, 1.165) is 0 Å². The normalized spacial score (nSPS) is 11.3. The Kier molecular flexibility index (Phi) is 5.16. The molecule has 0 aliphatic carbocycles. The molecule has 8 heteroatoms. The molecule has 1 amide bonds. The van der Waals surface area contributed by atoms with Gasteiger partial charge < -0.3 is 11.1 Å². The highest BCUT2D eigenvalue weighted by Gasteiger charge is 2.16. The van der Waals surface area contributed by atoms with E-state index in [4.69, 9.17) is 17.3 Å². The topological polar surface area (TPSA) is 101 Å². The van der Waals surface area contributed by atoms with Gasteiger partial charge >= 0.3 is 0 Å². The highest BCUT2D eigenvalue weighted by atomic mass is 35.5. The van der Waals surface area contributed by atoms with Gasteiger partial charge in [-0.25, -0.2) is 13.1 Å². The molecule has 0 aliphatic heterocycles. The molecule has 1 aromatic rings. The van der Waals surface area contributed by atoms with Gasteiger partial charge in [-0.1, -0.05) is 11.6 Å². The van der Waals surface area contributed by atoms with Gasteiger partial charge in [0.15, 0.2) is 0 Å². The first-order valence-corrected chi connectivity index (χ1v) is 7.40. The van der Waals surface area contributed by atoms with Crippen LogP contribution in [0.1, 0.15) is 12.5 Å². The second kappa shape index (κ2) is 6.23. The summed E-state index contributed by atoms with van der Waals surface area (Å²) >= 11 is 5.87. The Bertz CT molecular complexity index is 564. The summed E-state index contributed by atoms with van der Waals surface area (Å²) < 4.78 is 26.3. The predicted octanol–water partition coefficient (Wildman–Crippen LogP) is 0.645. The van der Waals surface area contributed by atoms with Crippen LogP contribution in [0, 0.1) is 6.92 Å². The Balaban J connectivity index is 2.80. The number of carbonyl (C=O) groups is 1. The fourth-order valence-corrected chi connectivity index (χ4v) is 2.69. The van der Waals surface area contributed by atoms with Gasteiger partial charge in [0.1, 0.15) is 0 Å². The second-order valence-electron chi connectivity index (χ2n) is 4.02. The smallest absolute Gasteiger partial charge is 0.240 e. The lowest BCUT2D eigenvalue weighted by molar-refractivity contribution is -0.118. The van der Waals surface area contributed by atoms with Gasteiger partial charge in [-0.15, -0.1) is 0 Å². The third-order valence-electron chi connectivity index (χ3n) is 2.36. The third-order valence-corrected chi connectivity index (χ3v) is 4.31. The van der Waals surface area contributed by atoms with Crippen molar-refractivity contribution in [1.29, 1.82) is 0 Å². The number of rotatable bonds is 5. The van der Waals surface area contributed by atoms with Crippen LogP contribution in [-0.2, 0) is 14.8 Å². The lowest BCUT2D eigenvalue weighted by Crippen LogP contribution is -2.33. The maximum absolute atomic E-state index is 12.0. The van der Waals surface area contributed by atoms with Crippen molar-refractivity contribution < 1.29 is 13.2 Å². The summed E-state index contributed by atoms with van der Waals surface area (Å²) in [6.45, 7) is 3.35. The monoisotopic (exact) mass is 305 g/mol. The molecule has 106 valence electrons. The van der Waals surface area contributed by atoms with E-state index in [0.29, 0.717) is 10.6 Å². The van der Waals surface area contributed by atoms with E-state index < -0.39 is 10.0 Å². The molecular weight excluding hydrogens is 290 g/mol. The van der Waals surface area contributed by atoms with Gasteiger partial charge in [-0.3, -0.25) is 4.79 Å². The average Bonchev–Trinajstić information content (AvgIpc) is 2.31. The highest BCUT2D eigenvalue weighted by Crippen LogP contribution is 2.26. The van der Waals surface area contributed by atoms with Crippen LogP contribution in [0.4, 0.5) is 5.69 Å². The number of hydrogen-bond acceptors (Lipinski definition) is 4. The van der Waals surface area contributed by atoms with Crippen molar-refractivity contribution in [2.24, 2.45) is 0 Å². The summed E-state index contributed by atoms with van der Waals surface area (Å²) in [6, 6.07) is 2.75. The first kappa shape index (κ1) is 15.7. The van der Waals surface area contributed by atoms with Crippen molar-refractivity contribution in [1.82, 2.24) is 10.0 Å². The Hall–Kier alpha value is -1.31. The molecule has 19 heavy (non-hydrogen) atoms. The molecule has 0 aliphatic rings. The van der Waals surface area contributed by atoms with Crippen LogP contribution in [0.5, 0.6) is 0 Å². The zero-order chi connectivity index (χ0) is 14.6. The number of benzene rings is 1. The molecule has 0 bridgehead atoms. The molecule has 0 unspecified atom stereocenters. The zero-order valence-electron chi connectivity index (χ0n) is 10.7. The summed E-state index contributed by atoms with van der Waals surface area (Å²) in [6.07, 6.45) is 0. The van der Waals surface area contributed by atoms with Crippen LogP contribution < -0.4 is 15.8 Å². The van der Waals surface area contributed by atoms with Gasteiger partial charge in [0, 0.05) is 20.0 Å². The SMILES string of the molecule is CC(=O)NCCNS(=O)(=O)c1cc(C)c(Cl)c(N)c1. The fourth-order valence-electron chi connectivity index (χ4n) is 1.43. The van der Waals surface area contributed by atoms with Crippen molar-refractivity contribution in [2.45, 2.75) is 18.7 Å². The largest absolute Gasteiger partial charge is 0.397 e. The van der Waals surface area contributed by atoms with Crippen LogP contribution in [0.3, 0.4) is 0 Å². The molecule has 0 aromatic heterocycles. The Morgan fingerprint density at radius 2 is 2.00 bits per heavy atom. The average molecular weight is 306 g/mol. The summed E-state index contributed by atoms with van der Waals surface area (Å²) in [5.41, 5.74) is 6.43. The van der Waals surface area contributed by atoms with Crippen LogP contribution in [0.2, 0.25) is 5.02 Å². The number of nitrogen functional groups attached to an aromatic ring is 1. The number of amides is 1. The van der Waals surface area contributed by atoms with Gasteiger partial charge in [-0.2, -0.15) is 0 Å². The van der Waals surface area contributed by atoms with Crippen molar-refractivity contribution in [3.63, 3.8) is 0 Å². The Morgan fingerprint density at radius 1 is 1.37 bits per heavy atom. The standard InChI is InChI=1S/C11H16ClN3O3S/c1-7-5-9(6-10(13)11(7)12)19(17,18)15-4-3-14-8(2)16/h5-6,15H,3-4,13H2,1-2H3,(H,14,16). The van der Waals surface area contributed by atoms with Crippen LogP contribution in [0.25, 0.3) is 0 Å². The van der Waals surface area contributed by atoms with Crippen molar-refractivity contribution in [3.05, 3.63) is 22.7 Å². The van der Waals surface area contributed by atoms with Gasteiger partial charge in [-0.05, 0) is 24.6 Å². The fraction of sp³-hybridized carbons (Fsp3) is 0.364. The lowest BCUT2D eigenvalue weighted by atomic mass is 10.2. The molecule has 1 aromatic carbocycles. The van der Waals surface area contributed by atoms with Crippen LogP contribution in [0.15, 0.2) is 17.0 Å². The van der Waals surface area contributed by atoms with E-state index in [9.17, 15) is 13.2 Å². The number of anilines is 1. The summed E-state index contributed by atoms with van der Waals surface area (Å²) in [5.74, 6) is -0.217. The first-order chi connectivity index (χ1) is 8.74. The number of nitrogens with two attached hydrogens (primary N) is 1. The summed E-state index contributed by atoms with van der Waals surface area (Å²) in [4.78, 5) is 10.7. The van der Waals surface area contributed by atoms with E-state index in [-0.39, 0.29) is 29.6 Å². The zero-order valence-corrected chi connectivity index (χ0v) is 12.2. The summed E-state index contributed by atoms with van der Waals surface area (Å²) in [5, 5.41) is 2.83. The molecule has 0 spiro atoms. The van der Waals surface area contributed by atoms with Gasteiger partial charge in [0.05, 0.1) is 15.6 Å². The molecular formula is C11H16ClN3O3S. The van der Waals surface area contributed by atoms with E-state index in [1.54, 1.807) is 6.92 Å². The predicted molar refractivity (Wildman–Crippen MR) is 74.5 cm³/mol. The number of halogens is 1. The Morgan fingerprint density at radius 3 is 2.53 bits per heavy atom. The first-order valence-electron chi connectivity index (χ1n) is 5.54. The van der Waals surface area contributed by atoms with Crippen LogP contribution in [-0.4, -0.2) is 27.4 Å². The third kappa shape index (κ3) is 4.38. The van der Waals surface area contributed by atoms with E-state index in [1.807, 2.05) is 0 Å². The number of nitrogens with one attached hydrogen (secondary N) is 2. The number of sulfonamides is 1. The molecule has 0 radical (unpaired) electrons. The number of carbonyl (C=O) groups excluding carboxylic acids is 1. The molecule has 4 N–H and O–H groups in total. The highest BCUT2D eigenvalue weighted by molar-refractivity contribution is 7.89. The molecule has 0 saturated carbocycles. The molecule has 1 rings (SSSR count). The van der Waals surface area contributed by atoms with Gasteiger partial charge in [0.25, 0.3) is 0 Å². The number of aryl methyl sites for hydroxylation is 1. The summed E-state index contributed by atoms with van der Waals surface area (Å²) in [7, 11) is -3.66. The van der Waals surface area contributed by atoms with Crippen molar-refractivity contribution >= 4 is 33.2 Å². The molecule has 0 heterocycles. The van der Waals surface area contributed by atoms with Gasteiger partial charge in [0.2, 0.25) is 15.9 Å². The second-order valence-corrected chi connectivity index (χ2v) is 6.17. The van der Waals surface area contributed by atoms with Crippen molar-refractivity contribution in [2.75, 3.05) is 18.8 Å². The van der Waals surface area contributed by atoms with E-state index in [2.05, 4.69) is 10.0 Å². The maximum Gasteiger partial charge on any atom is 0.240 e. The van der Waals surface area contributed by atoms with E-state index >= 15 is 0 Å². The molecule has 0 atom stereocenters. The quantitative estimate of drug-likeness (QED) is 0.549. The van der Waals surface area contributed by atoms with E-state index in [1.165, 1.54) is 19.1 Å².